The van der Waals surface area contributed by atoms with E-state index in [-0.39, 0.29) is 43.9 Å². The van der Waals surface area contributed by atoms with E-state index >= 15 is 0 Å². The standard InChI is InChI=1S/C19H22F6N2O3/c20-18(21,22)8-7-17(29)5-3-16(4-6-17)9-10-27(15(16)28)13-1-2-14(26-11-13)30-12-19(23,24)25/h1-2,11,29H,3-10,12H2. The molecule has 30 heavy (non-hydrogen) atoms. The third kappa shape index (κ3) is 5.35. The maximum Gasteiger partial charge on any atom is 0.422 e. The fourth-order valence-electron chi connectivity index (χ4n) is 4.12. The first-order valence-corrected chi connectivity index (χ1v) is 9.58. The van der Waals surface area contributed by atoms with Crippen LogP contribution in [0.25, 0.3) is 0 Å². The minimum absolute atomic E-state index is 0.116. The van der Waals surface area contributed by atoms with Gasteiger partial charge in [-0.3, -0.25) is 4.79 Å². The Morgan fingerprint density at radius 3 is 2.23 bits per heavy atom. The van der Waals surface area contributed by atoms with Crippen molar-refractivity contribution in [3.8, 4) is 5.88 Å². The molecule has 2 fully saturated rings. The number of hydrogen-bond donors (Lipinski definition) is 1. The average molecular weight is 440 g/mol. The number of halogens is 6. The van der Waals surface area contributed by atoms with Crippen LogP contribution < -0.4 is 9.64 Å². The molecule has 1 aliphatic heterocycles. The molecule has 1 aromatic heterocycles. The highest BCUT2D eigenvalue weighted by Gasteiger charge is 2.52. The van der Waals surface area contributed by atoms with Crippen molar-refractivity contribution >= 4 is 11.6 Å². The number of amides is 1. The molecule has 2 aliphatic rings. The fraction of sp³-hybridized carbons (Fsp3) is 0.684. The van der Waals surface area contributed by atoms with Gasteiger partial charge in [0.25, 0.3) is 0 Å². The second-order valence-corrected chi connectivity index (χ2v) is 8.09. The molecule has 1 amide bonds. The Balaban J connectivity index is 1.60. The second-order valence-electron chi connectivity index (χ2n) is 8.09. The summed E-state index contributed by atoms with van der Waals surface area (Å²) in [5.74, 6) is -0.420. The number of nitrogens with zero attached hydrogens (tertiary/aromatic N) is 2. The number of rotatable bonds is 5. The molecule has 168 valence electrons. The van der Waals surface area contributed by atoms with Crippen molar-refractivity contribution in [2.45, 2.75) is 62.9 Å². The Bertz CT molecular complexity index is 755. The van der Waals surface area contributed by atoms with Crippen LogP contribution in [0.1, 0.15) is 44.9 Å². The number of anilines is 1. The smallest absolute Gasteiger partial charge is 0.422 e. The summed E-state index contributed by atoms with van der Waals surface area (Å²) in [5.41, 5.74) is -1.75. The number of aliphatic hydroxyl groups is 1. The molecular weight excluding hydrogens is 418 g/mol. The van der Waals surface area contributed by atoms with Crippen molar-refractivity contribution in [2.24, 2.45) is 5.41 Å². The number of hydrogen-bond acceptors (Lipinski definition) is 4. The zero-order valence-corrected chi connectivity index (χ0v) is 16.0. The molecule has 0 unspecified atom stereocenters. The van der Waals surface area contributed by atoms with E-state index in [2.05, 4.69) is 9.72 Å². The van der Waals surface area contributed by atoms with Crippen LogP contribution in [0.2, 0.25) is 0 Å². The van der Waals surface area contributed by atoms with Gasteiger partial charge < -0.3 is 14.7 Å². The van der Waals surface area contributed by atoms with E-state index in [0.717, 1.165) is 0 Å². The number of alkyl halides is 6. The SMILES string of the molecule is O=C1N(c2ccc(OCC(F)(F)F)nc2)CCC12CCC(O)(CCC(F)(F)F)CC2. The third-order valence-corrected chi connectivity index (χ3v) is 5.94. The first kappa shape index (κ1) is 22.6. The predicted molar refractivity (Wildman–Crippen MR) is 93.9 cm³/mol. The van der Waals surface area contributed by atoms with Gasteiger partial charge in [-0.1, -0.05) is 0 Å². The molecule has 0 aromatic carbocycles. The summed E-state index contributed by atoms with van der Waals surface area (Å²) in [6, 6.07) is 2.69. The fourth-order valence-corrected chi connectivity index (χ4v) is 4.12. The van der Waals surface area contributed by atoms with Crippen LogP contribution in [0.5, 0.6) is 5.88 Å². The summed E-state index contributed by atoms with van der Waals surface area (Å²) in [5, 5.41) is 10.5. The van der Waals surface area contributed by atoms with Gasteiger partial charge in [0.05, 0.1) is 22.9 Å². The van der Waals surface area contributed by atoms with E-state index in [1.54, 1.807) is 0 Å². The lowest BCUT2D eigenvalue weighted by molar-refractivity contribution is -0.154. The molecule has 1 saturated carbocycles. The molecule has 0 bridgehead atoms. The minimum Gasteiger partial charge on any atom is -0.468 e. The lowest BCUT2D eigenvalue weighted by atomic mass is 9.66. The number of aromatic nitrogens is 1. The molecular formula is C19H22F6N2O3. The molecule has 5 nitrogen and oxygen atoms in total. The number of carbonyl (C=O) groups is 1. The Morgan fingerprint density at radius 2 is 1.70 bits per heavy atom. The van der Waals surface area contributed by atoms with Crippen molar-refractivity contribution in [3.05, 3.63) is 18.3 Å². The molecule has 1 aromatic rings. The quantitative estimate of drug-likeness (QED) is 0.690. The lowest BCUT2D eigenvalue weighted by Crippen LogP contribution is -2.44. The Morgan fingerprint density at radius 1 is 1.03 bits per heavy atom. The van der Waals surface area contributed by atoms with Gasteiger partial charge in [0.1, 0.15) is 0 Å². The first-order chi connectivity index (χ1) is 13.8. The van der Waals surface area contributed by atoms with Gasteiger partial charge in [0, 0.05) is 19.0 Å². The zero-order valence-electron chi connectivity index (χ0n) is 16.0. The molecule has 0 atom stereocenters. The second kappa shape index (κ2) is 7.90. The zero-order chi connectivity index (χ0) is 22.2. The first-order valence-electron chi connectivity index (χ1n) is 9.58. The highest BCUT2D eigenvalue weighted by atomic mass is 19.4. The Kier molecular flexibility index (Phi) is 5.96. The van der Waals surface area contributed by atoms with Crippen LogP contribution in [0.3, 0.4) is 0 Å². The largest absolute Gasteiger partial charge is 0.468 e. The lowest BCUT2D eigenvalue weighted by Gasteiger charge is -2.41. The molecule has 1 N–H and O–H groups in total. The minimum atomic E-state index is -4.49. The highest BCUT2D eigenvalue weighted by molar-refractivity contribution is 5.99. The Labute approximate surface area is 169 Å². The maximum absolute atomic E-state index is 13.0. The van der Waals surface area contributed by atoms with Crippen LogP contribution in [0.4, 0.5) is 32.0 Å². The maximum atomic E-state index is 13.0. The topological polar surface area (TPSA) is 62.7 Å². The van der Waals surface area contributed by atoms with E-state index in [4.69, 9.17) is 0 Å². The van der Waals surface area contributed by atoms with Crippen LogP contribution >= 0.6 is 0 Å². The van der Waals surface area contributed by atoms with Gasteiger partial charge in [-0.05, 0) is 44.6 Å². The summed E-state index contributed by atoms with van der Waals surface area (Å²) in [6.45, 7) is -1.10. The molecule has 3 rings (SSSR count). The summed E-state index contributed by atoms with van der Waals surface area (Å²) >= 11 is 0. The van der Waals surface area contributed by atoms with Gasteiger partial charge in [0.2, 0.25) is 11.8 Å². The van der Waals surface area contributed by atoms with Crippen molar-refractivity contribution in [1.82, 2.24) is 4.98 Å². The molecule has 2 heterocycles. The molecule has 1 spiro atoms. The van der Waals surface area contributed by atoms with Crippen molar-refractivity contribution < 1.29 is 41.0 Å². The van der Waals surface area contributed by atoms with Crippen LogP contribution in [-0.2, 0) is 4.79 Å². The summed E-state index contributed by atoms with van der Waals surface area (Å²) in [4.78, 5) is 18.3. The van der Waals surface area contributed by atoms with Gasteiger partial charge in [-0.2, -0.15) is 26.3 Å². The van der Waals surface area contributed by atoms with E-state index in [1.165, 1.54) is 23.2 Å². The van der Waals surface area contributed by atoms with E-state index in [1.807, 2.05) is 0 Å². The van der Waals surface area contributed by atoms with E-state index < -0.39 is 36.4 Å². The van der Waals surface area contributed by atoms with E-state index in [9.17, 15) is 36.2 Å². The van der Waals surface area contributed by atoms with Gasteiger partial charge in [-0.15, -0.1) is 0 Å². The van der Waals surface area contributed by atoms with Gasteiger partial charge in [-0.25, -0.2) is 4.98 Å². The van der Waals surface area contributed by atoms with Crippen molar-refractivity contribution in [1.29, 1.82) is 0 Å². The number of carbonyl (C=O) groups excluding carboxylic acids is 1. The normalized spacial score (nSPS) is 27.7. The van der Waals surface area contributed by atoms with Crippen LogP contribution in [0.15, 0.2) is 18.3 Å². The highest BCUT2D eigenvalue weighted by Crippen LogP contribution is 2.50. The monoisotopic (exact) mass is 440 g/mol. The predicted octanol–water partition coefficient (Wildman–Crippen LogP) is 4.39. The summed E-state index contributed by atoms with van der Waals surface area (Å²) in [6.07, 6.45) is -7.71. The number of pyridine rings is 1. The van der Waals surface area contributed by atoms with Crippen molar-refractivity contribution in [3.63, 3.8) is 0 Å². The molecule has 1 saturated heterocycles. The van der Waals surface area contributed by atoms with Crippen molar-refractivity contribution in [2.75, 3.05) is 18.1 Å². The number of ether oxygens (including phenoxy) is 1. The molecule has 0 radical (unpaired) electrons. The van der Waals surface area contributed by atoms with Crippen LogP contribution in [0, 0.1) is 5.41 Å². The summed E-state index contributed by atoms with van der Waals surface area (Å²) in [7, 11) is 0. The van der Waals surface area contributed by atoms with Gasteiger partial charge in [0.15, 0.2) is 6.61 Å². The third-order valence-electron chi connectivity index (χ3n) is 5.94. The van der Waals surface area contributed by atoms with E-state index in [0.29, 0.717) is 18.7 Å². The van der Waals surface area contributed by atoms with Crippen LogP contribution in [-0.4, -0.2) is 47.1 Å². The average Bonchev–Trinajstić information content (AvgIpc) is 2.97. The summed E-state index contributed by atoms with van der Waals surface area (Å²) < 4.78 is 78.6. The molecule has 1 aliphatic carbocycles. The van der Waals surface area contributed by atoms with Gasteiger partial charge >= 0.3 is 12.4 Å². The molecule has 11 heteroatoms. The Hall–Kier alpha value is -2.04.